The smallest absolute Gasteiger partial charge is 0.0665 e. The maximum absolute atomic E-state index is 6.08. The van der Waals surface area contributed by atoms with Crippen molar-refractivity contribution >= 4 is 0 Å². The van der Waals surface area contributed by atoms with Gasteiger partial charge in [0.15, 0.2) is 0 Å². The van der Waals surface area contributed by atoms with Crippen molar-refractivity contribution in [3.05, 3.63) is 0 Å². The third-order valence-electron chi connectivity index (χ3n) is 4.79. The highest BCUT2D eigenvalue weighted by Gasteiger charge is 2.48. The third-order valence-corrected chi connectivity index (χ3v) is 4.79. The Morgan fingerprint density at radius 3 is 1.67 bits per heavy atom. The maximum atomic E-state index is 6.08. The lowest BCUT2D eigenvalue weighted by molar-refractivity contribution is -0.0158. The summed E-state index contributed by atoms with van der Waals surface area (Å²) in [5, 5.41) is 0. The van der Waals surface area contributed by atoms with Crippen LogP contribution in [0.3, 0.4) is 0 Å². The van der Waals surface area contributed by atoms with Gasteiger partial charge in [-0.15, -0.1) is 0 Å². The van der Waals surface area contributed by atoms with Crippen LogP contribution in [0.5, 0.6) is 0 Å². The summed E-state index contributed by atoms with van der Waals surface area (Å²) in [5.74, 6) is 0.504. The van der Waals surface area contributed by atoms with Crippen LogP contribution in [0.15, 0.2) is 0 Å². The van der Waals surface area contributed by atoms with Gasteiger partial charge in [-0.05, 0) is 31.2 Å². The Morgan fingerprint density at radius 2 is 1.40 bits per heavy atom. The van der Waals surface area contributed by atoms with Gasteiger partial charge in [0, 0.05) is 5.41 Å². The molecule has 1 unspecified atom stereocenters. The van der Waals surface area contributed by atoms with Crippen LogP contribution in [0.25, 0.3) is 0 Å². The molecule has 0 heterocycles. The standard InChI is InChI=1S/C12H29N3/c1-9(7-8-13)10(2,3)11(4,5)12(6,14)15/h9H,7-8,13-15H2,1-6H3. The minimum absolute atomic E-state index is 0.0601. The summed E-state index contributed by atoms with van der Waals surface area (Å²) in [6, 6.07) is 0. The van der Waals surface area contributed by atoms with E-state index in [-0.39, 0.29) is 10.8 Å². The van der Waals surface area contributed by atoms with Crippen LogP contribution in [0.1, 0.15) is 48.0 Å². The number of hydrogen-bond acceptors (Lipinski definition) is 3. The molecule has 0 saturated carbocycles. The molecular weight excluding hydrogens is 186 g/mol. The SMILES string of the molecule is CC(CCN)C(C)(C)C(C)(C)C(C)(N)N. The molecule has 1 atom stereocenters. The molecule has 0 bridgehead atoms. The Kier molecular flexibility index (Phi) is 4.36. The predicted octanol–water partition coefficient (Wildman–Crippen LogP) is 1.66. The van der Waals surface area contributed by atoms with Crippen molar-refractivity contribution in [2.24, 2.45) is 33.9 Å². The number of nitrogens with two attached hydrogens (primary N) is 3. The van der Waals surface area contributed by atoms with Gasteiger partial charge in [0.2, 0.25) is 0 Å². The van der Waals surface area contributed by atoms with Crippen LogP contribution < -0.4 is 17.2 Å². The minimum Gasteiger partial charge on any atom is -0.330 e. The van der Waals surface area contributed by atoms with E-state index in [1.165, 1.54) is 0 Å². The Labute approximate surface area is 94.8 Å². The van der Waals surface area contributed by atoms with E-state index in [9.17, 15) is 0 Å². The van der Waals surface area contributed by atoms with E-state index in [0.29, 0.717) is 12.5 Å². The van der Waals surface area contributed by atoms with Gasteiger partial charge in [0.1, 0.15) is 0 Å². The van der Waals surface area contributed by atoms with Gasteiger partial charge < -0.3 is 17.2 Å². The minimum atomic E-state index is -0.681. The lowest BCUT2D eigenvalue weighted by Crippen LogP contribution is -2.64. The zero-order valence-corrected chi connectivity index (χ0v) is 11.2. The molecule has 15 heavy (non-hydrogen) atoms. The fourth-order valence-corrected chi connectivity index (χ4v) is 1.92. The topological polar surface area (TPSA) is 78.1 Å². The van der Waals surface area contributed by atoms with E-state index in [2.05, 4.69) is 34.6 Å². The first-order valence-corrected chi connectivity index (χ1v) is 5.76. The highest BCUT2D eigenvalue weighted by atomic mass is 15.0. The quantitative estimate of drug-likeness (QED) is 0.610. The van der Waals surface area contributed by atoms with Gasteiger partial charge in [-0.25, -0.2) is 0 Å². The van der Waals surface area contributed by atoms with Crippen LogP contribution in [0.4, 0.5) is 0 Å². The Bertz CT molecular complexity index is 201. The Morgan fingerprint density at radius 1 is 1.00 bits per heavy atom. The van der Waals surface area contributed by atoms with E-state index in [4.69, 9.17) is 17.2 Å². The molecule has 0 amide bonds. The molecule has 0 aliphatic heterocycles. The van der Waals surface area contributed by atoms with Gasteiger partial charge in [0.25, 0.3) is 0 Å². The molecule has 0 fully saturated rings. The summed E-state index contributed by atoms with van der Waals surface area (Å²) >= 11 is 0. The zero-order chi connectivity index (χ0) is 12.5. The van der Waals surface area contributed by atoms with Crippen molar-refractivity contribution < 1.29 is 0 Å². The zero-order valence-electron chi connectivity index (χ0n) is 11.2. The fourth-order valence-electron chi connectivity index (χ4n) is 1.92. The molecule has 0 aliphatic carbocycles. The molecule has 0 aromatic rings. The first kappa shape index (κ1) is 14.9. The van der Waals surface area contributed by atoms with Gasteiger partial charge in [-0.2, -0.15) is 0 Å². The third kappa shape index (κ3) is 2.71. The molecule has 0 radical (unpaired) electrons. The van der Waals surface area contributed by atoms with E-state index >= 15 is 0 Å². The van der Waals surface area contributed by atoms with E-state index in [0.717, 1.165) is 6.42 Å². The second-order valence-corrected chi connectivity index (χ2v) is 6.11. The van der Waals surface area contributed by atoms with Crippen molar-refractivity contribution in [2.45, 2.75) is 53.6 Å². The van der Waals surface area contributed by atoms with E-state index in [1.54, 1.807) is 0 Å². The molecular formula is C12H29N3. The molecule has 0 aliphatic rings. The molecule has 0 rings (SSSR count). The molecule has 3 nitrogen and oxygen atoms in total. The molecule has 0 spiro atoms. The monoisotopic (exact) mass is 215 g/mol. The largest absolute Gasteiger partial charge is 0.330 e. The van der Waals surface area contributed by atoms with Gasteiger partial charge in [-0.3, -0.25) is 0 Å². The normalized spacial score (nSPS) is 16.6. The fraction of sp³-hybridized carbons (Fsp3) is 1.00. The van der Waals surface area contributed by atoms with E-state index in [1.807, 2.05) is 6.92 Å². The predicted molar refractivity (Wildman–Crippen MR) is 67.2 cm³/mol. The van der Waals surface area contributed by atoms with Gasteiger partial charge in [-0.1, -0.05) is 34.6 Å². The number of hydrogen-bond donors (Lipinski definition) is 3. The maximum Gasteiger partial charge on any atom is 0.0665 e. The van der Waals surface area contributed by atoms with Crippen LogP contribution in [-0.4, -0.2) is 12.2 Å². The first-order chi connectivity index (χ1) is 6.48. The molecule has 6 N–H and O–H groups in total. The van der Waals surface area contributed by atoms with Crippen molar-refractivity contribution in [1.29, 1.82) is 0 Å². The first-order valence-electron chi connectivity index (χ1n) is 5.76. The lowest BCUT2D eigenvalue weighted by atomic mass is 9.56. The van der Waals surface area contributed by atoms with Crippen LogP contribution in [0.2, 0.25) is 0 Å². The summed E-state index contributed by atoms with van der Waals surface area (Å²) in [4.78, 5) is 0. The van der Waals surface area contributed by atoms with Crippen molar-refractivity contribution in [3.8, 4) is 0 Å². The van der Waals surface area contributed by atoms with Crippen molar-refractivity contribution in [3.63, 3.8) is 0 Å². The van der Waals surface area contributed by atoms with Gasteiger partial charge >= 0.3 is 0 Å². The summed E-state index contributed by atoms with van der Waals surface area (Å²) < 4.78 is 0. The lowest BCUT2D eigenvalue weighted by Gasteiger charge is -2.53. The van der Waals surface area contributed by atoms with E-state index < -0.39 is 5.66 Å². The van der Waals surface area contributed by atoms with Gasteiger partial charge in [0.05, 0.1) is 5.66 Å². The van der Waals surface area contributed by atoms with Crippen LogP contribution >= 0.6 is 0 Å². The summed E-state index contributed by atoms with van der Waals surface area (Å²) in [5.41, 5.74) is 17.0. The molecule has 0 saturated heterocycles. The number of rotatable bonds is 5. The average molecular weight is 215 g/mol. The van der Waals surface area contributed by atoms with Crippen molar-refractivity contribution in [1.82, 2.24) is 0 Å². The molecule has 92 valence electrons. The second kappa shape index (κ2) is 4.40. The average Bonchev–Trinajstić information content (AvgIpc) is 2.02. The Balaban J connectivity index is 5.00. The molecule has 3 heteroatoms. The Hall–Kier alpha value is -0.120. The highest BCUT2D eigenvalue weighted by Crippen LogP contribution is 2.49. The molecule has 0 aromatic heterocycles. The van der Waals surface area contributed by atoms with Crippen molar-refractivity contribution in [2.75, 3.05) is 6.54 Å². The summed E-state index contributed by atoms with van der Waals surface area (Å²) in [7, 11) is 0. The molecule has 0 aromatic carbocycles. The summed E-state index contributed by atoms with van der Waals surface area (Å²) in [6.07, 6.45) is 1.01. The van der Waals surface area contributed by atoms with Crippen LogP contribution in [-0.2, 0) is 0 Å². The highest BCUT2D eigenvalue weighted by molar-refractivity contribution is 5.00. The summed E-state index contributed by atoms with van der Waals surface area (Å²) in [6.45, 7) is 13.6. The van der Waals surface area contributed by atoms with Crippen LogP contribution in [0, 0.1) is 16.7 Å². The second-order valence-electron chi connectivity index (χ2n) is 6.11.